The summed E-state index contributed by atoms with van der Waals surface area (Å²) in [5.41, 5.74) is 4.25. The number of H-pyrrole nitrogens is 1. The van der Waals surface area contributed by atoms with Crippen LogP contribution in [0.15, 0.2) is 67.3 Å². The van der Waals surface area contributed by atoms with Gasteiger partial charge in [0.05, 0.1) is 23.4 Å². The van der Waals surface area contributed by atoms with Gasteiger partial charge in [0.1, 0.15) is 6.61 Å². The van der Waals surface area contributed by atoms with Gasteiger partial charge in [0.25, 0.3) is 0 Å². The van der Waals surface area contributed by atoms with Crippen molar-refractivity contribution in [3.8, 4) is 0 Å². The molecule has 3 aromatic rings. The topological polar surface area (TPSA) is 41.1 Å². The molecular formula is C17H15N3O. The molecule has 0 saturated carbocycles. The van der Waals surface area contributed by atoms with Crippen molar-refractivity contribution in [3.63, 3.8) is 0 Å². The molecule has 1 aliphatic rings. The Hall–Kier alpha value is -2.75. The molecule has 1 saturated heterocycles. The van der Waals surface area contributed by atoms with Crippen LogP contribution in [0.5, 0.6) is 0 Å². The van der Waals surface area contributed by atoms with Crippen molar-refractivity contribution in [3.05, 3.63) is 72.9 Å². The summed E-state index contributed by atoms with van der Waals surface area (Å²) in [6.45, 7) is 4.65. The van der Waals surface area contributed by atoms with Crippen LogP contribution in [0.25, 0.3) is 11.0 Å². The first-order chi connectivity index (χ1) is 10.3. The molecule has 104 valence electrons. The van der Waals surface area contributed by atoms with Crippen LogP contribution in [0.2, 0.25) is 0 Å². The lowest BCUT2D eigenvalue weighted by atomic mass is 10.1. The molecule has 1 aliphatic heterocycles. The van der Waals surface area contributed by atoms with Gasteiger partial charge in [-0.2, -0.15) is 0 Å². The Kier molecular flexibility index (Phi) is 2.67. The van der Waals surface area contributed by atoms with Crippen LogP contribution in [-0.4, -0.2) is 16.6 Å². The van der Waals surface area contributed by atoms with Crippen LogP contribution < -0.4 is 4.90 Å². The summed E-state index contributed by atoms with van der Waals surface area (Å²) in [4.78, 5) is 9.53. The van der Waals surface area contributed by atoms with E-state index >= 15 is 0 Å². The zero-order valence-electron chi connectivity index (χ0n) is 11.5. The smallest absolute Gasteiger partial charge is 0.187 e. The van der Waals surface area contributed by atoms with Gasteiger partial charge in [-0.3, -0.25) is 0 Å². The first-order valence-corrected chi connectivity index (χ1v) is 6.92. The van der Waals surface area contributed by atoms with Crippen LogP contribution >= 0.6 is 0 Å². The van der Waals surface area contributed by atoms with Gasteiger partial charge in [0.15, 0.2) is 5.88 Å². The Morgan fingerprint density at radius 2 is 2.05 bits per heavy atom. The number of hydrogen-bond acceptors (Lipinski definition) is 3. The van der Waals surface area contributed by atoms with E-state index in [0.29, 0.717) is 12.5 Å². The summed E-state index contributed by atoms with van der Waals surface area (Å²) in [6.07, 6.45) is 1.71. The minimum atomic E-state index is 0.152. The quantitative estimate of drug-likeness (QED) is 0.778. The highest BCUT2D eigenvalue weighted by atomic mass is 16.5. The summed E-state index contributed by atoms with van der Waals surface area (Å²) in [6, 6.07) is 16.7. The summed E-state index contributed by atoms with van der Waals surface area (Å²) >= 11 is 0. The molecule has 0 radical (unpaired) electrons. The SMILES string of the molecule is C=C1OC[C@@H](c2ccccc2)N1c1ccc2nc[nH]c2c1. The second-order valence-electron chi connectivity index (χ2n) is 5.11. The van der Waals surface area contributed by atoms with E-state index in [-0.39, 0.29) is 6.04 Å². The summed E-state index contributed by atoms with van der Waals surface area (Å²) in [7, 11) is 0. The Balaban J connectivity index is 1.78. The van der Waals surface area contributed by atoms with Gasteiger partial charge >= 0.3 is 0 Å². The fourth-order valence-electron chi connectivity index (χ4n) is 2.81. The van der Waals surface area contributed by atoms with Crippen molar-refractivity contribution < 1.29 is 4.74 Å². The van der Waals surface area contributed by atoms with Gasteiger partial charge in [0.2, 0.25) is 0 Å². The number of nitrogens with zero attached hydrogens (tertiary/aromatic N) is 2. The van der Waals surface area contributed by atoms with Crippen LogP contribution in [0.3, 0.4) is 0 Å². The first kappa shape index (κ1) is 12.0. The number of rotatable bonds is 2. The summed E-state index contributed by atoms with van der Waals surface area (Å²) in [5, 5.41) is 0. The molecule has 1 aromatic heterocycles. The van der Waals surface area contributed by atoms with Crippen LogP contribution in [0.1, 0.15) is 11.6 Å². The Morgan fingerprint density at radius 3 is 2.90 bits per heavy atom. The Labute approximate surface area is 122 Å². The zero-order chi connectivity index (χ0) is 14.2. The molecule has 2 aromatic carbocycles. The van der Waals surface area contributed by atoms with E-state index in [1.807, 2.05) is 24.3 Å². The van der Waals surface area contributed by atoms with Crippen LogP contribution in [0, 0.1) is 0 Å². The van der Waals surface area contributed by atoms with E-state index in [9.17, 15) is 0 Å². The van der Waals surface area contributed by atoms with Gasteiger partial charge < -0.3 is 14.6 Å². The maximum Gasteiger partial charge on any atom is 0.187 e. The highest BCUT2D eigenvalue weighted by Crippen LogP contribution is 2.37. The Bertz CT molecular complexity index is 794. The molecule has 21 heavy (non-hydrogen) atoms. The van der Waals surface area contributed by atoms with Crippen molar-refractivity contribution in [1.82, 2.24) is 9.97 Å². The number of imidazole rings is 1. The van der Waals surface area contributed by atoms with Crippen molar-refractivity contribution in [1.29, 1.82) is 0 Å². The van der Waals surface area contributed by atoms with E-state index < -0.39 is 0 Å². The molecule has 2 heterocycles. The normalized spacial score (nSPS) is 18.2. The van der Waals surface area contributed by atoms with Crippen molar-refractivity contribution in [2.45, 2.75) is 6.04 Å². The van der Waals surface area contributed by atoms with Crippen molar-refractivity contribution in [2.24, 2.45) is 0 Å². The molecule has 0 unspecified atom stereocenters. The average molecular weight is 277 g/mol. The molecule has 4 nitrogen and oxygen atoms in total. The number of nitrogens with one attached hydrogen (secondary N) is 1. The number of hydrogen-bond donors (Lipinski definition) is 1. The monoisotopic (exact) mass is 277 g/mol. The zero-order valence-corrected chi connectivity index (χ0v) is 11.5. The van der Waals surface area contributed by atoms with Gasteiger partial charge in [-0.05, 0) is 30.3 Å². The molecule has 4 heteroatoms. The molecule has 0 aliphatic carbocycles. The maximum atomic E-state index is 5.69. The molecule has 1 fully saturated rings. The lowest BCUT2D eigenvalue weighted by Crippen LogP contribution is -2.21. The second-order valence-corrected chi connectivity index (χ2v) is 5.11. The third-order valence-corrected chi connectivity index (χ3v) is 3.85. The fraction of sp³-hybridized carbons (Fsp3) is 0.118. The average Bonchev–Trinajstić information content (AvgIpc) is 3.13. The minimum Gasteiger partial charge on any atom is -0.477 e. The highest BCUT2D eigenvalue weighted by molar-refractivity contribution is 5.79. The molecule has 4 rings (SSSR count). The number of fused-ring (bicyclic) bond motifs is 1. The molecule has 1 atom stereocenters. The third-order valence-electron chi connectivity index (χ3n) is 3.85. The second kappa shape index (κ2) is 4.66. The number of ether oxygens (including phenoxy) is 1. The molecule has 0 bridgehead atoms. The van der Waals surface area contributed by atoms with Gasteiger partial charge in [-0.25, -0.2) is 4.98 Å². The summed E-state index contributed by atoms with van der Waals surface area (Å²) < 4.78 is 5.69. The molecule has 0 amide bonds. The largest absolute Gasteiger partial charge is 0.477 e. The minimum absolute atomic E-state index is 0.152. The van der Waals surface area contributed by atoms with E-state index in [0.717, 1.165) is 16.7 Å². The van der Waals surface area contributed by atoms with E-state index in [1.165, 1.54) is 5.56 Å². The van der Waals surface area contributed by atoms with Gasteiger partial charge in [0, 0.05) is 5.69 Å². The van der Waals surface area contributed by atoms with E-state index in [4.69, 9.17) is 4.74 Å². The van der Waals surface area contributed by atoms with Gasteiger partial charge in [-0.15, -0.1) is 0 Å². The molecular weight excluding hydrogens is 262 g/mol. The number of benzene rings is 2. The fourth-order valence-corrected chi connectivity index (χ4v) is 2.81. The van der Waals surface area contributed by atoms with E-state index in [2.05, 4.69) is 45.7 Å². The first-order valence-electron chi connectivity index (χ1n) is 6.92. The molecule has 0 spiro atoms. The molecule has 1 N–H and O–H groups in total. The standard InChI is InChI=1S/C17H15N3O/c1-12-20(14-7-8-15-16(9-14)19-11-18-15)17(10-21-12)13-5-3-2-4-6-13/h2-9,11,17H,1,10H2,(H,18,19)/t17-/m0/s1. The Morgan fingerprint density at radius 1 is 1.19 bits per heavy atom. The van der Waals surface area contributed by atoms with Crippen molar-refractivity contribution in [2.75, 3.05) is 11.5 Å². The van der Waals surface area contributed by atoms with Crippen LogP contribution in [-0.2, 0) is 4.74 Å². The third kappa shape index (κ3) is 1.96. The highest BCUT2D eigenvalue weighted by Gasteiger charge is 2.31. The lowest BCUT2D eigenvalue weighted by Gasteiger charge is -2.24. The van der Waals surface area contributed by atoms with Crippen LogP contribution in [0.4, 0.5) is 5.69 Å². The predicted octanol–water partition coefficient (Wildman–Crippen LogP) is 3.61. The maximum absolute atomic E-state index is 5.69. The van der Waals surface area contributed by atoms with E-state index in [1.54, 1.807) is 6.33 Å². The van der Waals surface area contributed by atoms with Gasteiger partial charge in [-0.1, -0.05) is 30.3 Å². The summed E-state index contributed by atoms with van der Waals surface area (Å²) in [5.74, 6) is 0.683. The number of aromatic nitrogens is 2. The predicted molar refractivity (Wildman–Crippen MR) is 82.8 cm³/mol. The number of anilines is 1. The number of aromatic amines is 1. The van der Waals surface area contributed by atoms with Crippen molar-refractivity contribution >= 4 is 16.7 Å². The lowest BCUT2D eigenvalue weighted by molar-refractivity contribution is 0.257.